The lowest BCUT2D eigenvalue weighted by Gasteiger charge is -2.45. The summed E-state index contributed by atoms with van der Waals surface area (Å²) in [4.78, 5) is 27.6. The highest BCUT2D eigenvalue weighted by Gasteiger charge is 2.36. The van der Waals surface area contributed by atoms with Crippen LogP contribution in [0, 0.1) is 6.92 Å². The highest BCUT2D eigenvalue weighted by molar-refractivity contribution is 5.92. The van der Waals surface area contributed by atoms with Gasteiger partial charge in [0.2, 0.25) is 0 Å². The molecule has 2 aromatic carbocycles. The van der Waals surface area contributed by atoms with Gasteiger partial charge in [0.05, 0.1) is 34.4 Å². The molecule has 4 aromatic rings. The molecule has 0 radical (unpaired) electrons. The Morgan fingerprint density at radius 2 is 1.80 bits per heavy atom. The molecular weight excluding hydrogens is 556 g/mol. The minimum Gasteiger partial charge on any atom is -0.466 e. The van der Waals surface area contributed by atoms with Gasteiger partial charge in [-0.05, 0) is 78.6 Å². The quantitative estimate of drug-likeness (QED) is 0.229. The summed E-state index contributed by atoms with van der Waals surface area (Å²) in [6, 6.07) is 8.58. The average molecular weight is 601 g/mol. The maximum atomic E-state index is 13.0. The van der Waals surface area contributed by atoms with E-state index in [-0.39, 0.29) is 25.0 Å². The number of fused-ring (bicyclic) bond motifs is 2. The molecule has 6 rings (SSSR count). The van der Waals surface area contributed by atoms with Crippen LogP contribution in [0.15, 0.2) is 30.5 Å². The Balaban J connectivity index is 1.38. The van der Waals surface area contributed by atoms with Crippen molar-refractivity contribution in [2.45, 2.75) is 84.4 Å². The lowest BCUT2D eigenvalue weighted by molar-refractivity contribution is 0.00565. The van der Waals surface area contributed by atoms with E-state index in [1.54, 1.807) is 7.11 Å². The van der Waals surface area contributed by atoms with Crippen LogP contribution in [-0.4, -0.2) is 75.4 Å². The number of aromatic nitrogens is 4. The smallest absolute Gasteiger partial charge is 0.410 e. The van der Waals surface area contributed by atoms with Crippen molar-refractivity contribution in [1.82, 2.24) is 24.6 Å². The van der Waals surface area contributed by atoms with Gasteiger partial charge in [-0.3, -0.25) is 9.58 Å². The summed E-state index contributed by atoms with van der Waals surface area (Å²) >= 11 is 0. The third-order valence-corrected chi connectivity index (χ3v) is 8.75. The van der Waals surface area contributed by atoms with Crippen LogP contribution in [-0.2, 0) is 16.5 Å². The summed E-state index contributed by atoms with van der Waals surface area (Å²) in [6.45, 7) is 13.5. The first-order chi connectivity index (χ1) is 20.9. The number of piperazine rings is 1. The van der Waals surface area contributed by atoms with Crippen molar-refractivity contribution in [3.63, 3.8) is 0 Å². The molecule has 0 N–H and O–H groups in total. The monoisotopic (exact) mass is 600 g/mol. The number of ether oxygens (including phenoxy) is 3. The SMILES string of the molecule is COCOc1c(-c2nc(C3CCC3)c3cc(N4C[C@H](C)N(C(=O)OC(C)(C)C)[C@@H](C)C4)ccc3n2)cc2cn(C)nc2c1C. The third kappa shape index (κ3) is 5.67. The fourth-order valence-corrected chi connectivity index (χ4v) is 6.56. The number of hydrogen-bond acceptors (Lipinski definition) is 8. The molecule has 10 nitrogen and oxygen atoms in total. The van der Waals surface area contributed by atoms with E-state index in [4.69, 9.17) is 24.2 Å². The number of carbonyl (C=O) groups excluding carboxylic acids is 1. The molecule has 2 aliphatic rings. The normalized spacial score (nSPS) is 19.5. The summed E-state index contributed by atoms with van der Waals surface area (Å²) in [5.74, 6) is 1.74. The van der Waals surface area contributed by atoms with Gasteiger partial charge in [0.25, 0.3) is 0 Å². The predicted molar refractivity (Wildman–Crippen MR) is 172 cm³/mol. The van der Waals surface area contributed by atoms with Gasteiger partial charge in [0.1, 0.15) is 11.4 Å². The van der Waals surface area contributed by atoms with Crippen molar-refractivity contribution in [2.24, 2.45) is 7.05 Å². The van der Waals surface area contributed by atoms with E-state index < -0.39 is 5.60 Å². The van der Waals surface area contributed by atoms with Gasteiger partial charge in [-0.1, -0.05) is 6.42 Å². The van der Waals surface area contributed by atoms with Gasteiger partial charge in [0, 0.05) is 61.4 Å². The Labute approximate surface area is 259 Å². The molecule has 44 heavy (non-hydrogen) atoms. The van der Waals surface area contributed by atoms with E-state index in [1.807, 2.05) is 50.5 Å². The van der Waals surface area contributed by atoms with Gasteiger partial charge in [0.15, 0.2) is 12.6 Å². The molecule has 1 saturated carbocycles. The van der Waals surface area contributed by atoms with Crippen LogP contribution in [0.3, 0.4) is 0 Å². The molecule has 1 saturated heterocycles. The summed E-state index contributed by atoms with van der Waals surface area (Å²) in [5, 5.41) is 6.75. The van der Waals surface area contributed by atoms with E-state index in [0.29, 0.717) is 17.5 Å². The fourth-order valence-electron chi connectivity index (χ4n) is 6.56. The molecule has 1 aliphatic carbocycles. The zero-order valence-electron chi connectivity index (χ0n) is 27.2. The van der Waals surface area contributed by atoms with Crippen molar-refractivity contribution in [2.75, 3.05) is 31.9 Å². The number of anilines is 1. The van der Waals surface area contributed by atoms with Crippen LogP contribution >= 0.6 is 0 Å². The van der Waals surface area contributed by atoms with Gasteiger partial charge >= 0.3 is 6.09 Å². The van der Waals surface area contributed by atoms with E-state index in [2.05, 4.69) is 48.1 Å². The van der Waals surface area contributed by atoms with Crippen LogP contribution in [0.1, 0.15) is 71.1 Å². The topological polar surface area (TPSA) is 94.8 Å². The first-order valence-corrected chi connectivity index (χ1v) is 15.6. The molecule has 2 aromatic heterocycles. The number of amides is 1. The molecule has 0 unspecified atom stereocenters. The van der Waals surface area contributed by atoms with E-state index in [1.165, 1.54) is 6.42 Å². The number of benzene rings is 2. The van der Waals surface area contributed by atoms with Gasteiger partial charge in [-0.15, -0.1) is 0 Å². The highest BCUT2D eigenvalue weighted by Crippen LogP contribution is 2.42. The Morgan fingerprint density at radius 1 is 1.07 bits per heavy atom. The van der Waals surface area contributed by atoms with Crippen molar-refractivity contribution in [3.05, 3.63) is 41.7 Å². The highest BCUT2D eigenvalue weighted by atomic mass is 16.7. The fraction of sp³-hybridized carbons (Fsp3) is 0.529. The number of nitrogens with zero attached hydrogens (tertiary/aromatic N) is 6. The van der Waals surface area contributed by atoms with Crippen LogP contribution in [0.4, 0.5) is 10.5 Å². The first-order valence-electron chi connectivity index (χ1n) is 15.6. The second kappa shape index (κ2) is 11.5. The van der Waals surface area contributed by atoms with Crippen LogP contribution in [0.25, 0.3) is 33.2 Å². The molecule has 0 bridgehead atoms. The van der Waals surface area contributed by atoms with Crippen molar-refractivity contribution < 1.29 is 19.0 Å². The standard InChI is InChI=1S/C34H44N6O4/c1-20-16-39(17-21(2)40(20)33(41)44-34(4,5)6)25-12-13-28-26(15-25)30(23-10-9-11-23)36-32(35-28)27-14-24-18-38(7)37-29(24)22(3)31(27)43-19-42-8/h12-15,18,20-21,23H,9-11,16-17,19H2,1-8H3/t20-,21-/m0/s1. The van der Waals surface area contributed by atoms with Crippen molar-refractivity contribution >= 4 is 33.6 Å². The van der Waals surface area contributed by atoms with E-state index >= 15 is 0 Å². The Bertz CT molecular complexity index is 1690. The van der Waals surface area contributed by atoms with Gasteiger partial charge in [-0.2, -0.15) is 5.10 Å². The molecular formula is C34H44N6O4. The summed E-state index contributed by atoms with van der Waals surface area (Å²) in [7, 11) is 3.54. The van der Waals surface area contributed by atoms with Crippen LogP contribution < -0.4 is 9.64 Å². The van der Waals surface area contributed by atoms with Gasteiger partial charge < -0.3 is 19.1 Å². The Morgan fingerprint density at radius 3 is 2.43 bits per heavy atom. The van der Waals surface area contributed by atoms with Crippen molar-refractivity contribution in [1.29, 1.82) is 0 Å². The third-order valence-electron chi connectivity index (χ3n) is 8.75. The molecule has 3 heterocycles. The zero-order chi connectivity index (χ0) is 31.3. The Hall–Kier alpha value is -3.92. The largest absolute Gasteiger partial charge is 0.466 e. The molecule has 1 amide bonds. The first kappa shape index (κ1) is 30.1. The zero-order valence-corrected chi connectivity index (χ0v) is 27.2. The van der Waals surface area contributed by atoms with Gasteiger partial charge in [-0.25, -0.2) is 14.8 Å². The molecule has 1 aliphatic heterocycles. The van der Waals surface area contributed by atoms with Crippen molar-refractivity contribution in [3.8, 4) is 17.1 Å². The second-order valence-corrected chi connectivity index (χ2v) is 13.4. The Kier molecular flexibility index (Phi) is 7.90. The molecule has 2 atom stereocenters. The van der Waals surface area contributed by atoms with E-state index in [0.717, 1.165) is 70.2 Å². The molecule has 10 heteroatoms. The van der Waals surface area contributed by atoms with E-state index in [9.17, 15) is 4.79 Å². The number of aryl methyl sites for hydroxylation is 2. The summed E-state index contributed by atoms with van der Waals surface area (Å²) < 4.78 is 18.9. The van der Waals surface area contributed by atoms with Crippen LogP contribution in [0.2, 0.25) is 0 Å². The molecule has 234 valence electrons. The minimum atomic E-state index is -0.526. The summed E-state index contributed by atoms with van der Waals surface area (Å²) in [6.07, 6.45) is 5.20. The number of carbonyl (C=O) groups is 1. The number of hydrogen-bond donors (Lipinski definition) is 0. The molecule has 0 spiro atoms. The lowest BCUT2D eigenvalue weighted by atomic mass is 9.81. The minimum absolute atomic E-state index is 0.00480. The average Bonchev–Trinajstić information content (AvgIpc) is 3.30. The maximum absolute atomic E-state index is 13.0. The van der Waals surface area contributed by atoms with Crippen LogP contribution in [0.5, 0.6) is 5.75 Å². The predicted octanol–water partition coefficient (Wildman–Crippen LogP) is 6.58. The second-order valence-electron chi connectivity index (χ2n) is 13.4. The lowest BCUT2D eigenvalue weighted by Crippen LogP contribution is -2.59. The number of methoxy groups -OCH3 is 1. The molecule has 2 fully saturated rings. The number of rotatable bonds is 6. The summed E-state index contributed by atoms with van der Waals surface area (Å²) in [5.41, 5.74) is 5.27. The maximum Gasteiger partial charge on any atom is 0.410 e.